The van der Waals surface area contributed by atoms with E-state index in [1.54, 1.807) is 18.3 Å². The summed E-state index contributed by atoms with van der Waals surface area (Å²) in [6.07, 6.45) is -2.65. The smallest absolute Gasteiger partial charge is 0.351 e. The lowest BCUT2D eigenvalue weighted by atomic mass is 10.3. The highest BCUT2D eigenvalue weighted by atomic mass is 79.9. The molecular weight excluding hydrogens is 273 g/mol. The summed E-state index contributed by atoms with van der Waals surface area (Å²) in [5.41, 5.74) is 0.930. The quantitative estimate of drug-likeness (QED) is 0.793. The third-order valence-corrected chi connectivity index (χ3v) is 2.42. The average molecular weight is 283 g/mol. The van der Waals surface area contributed by atoms with Gasteiger partial charge in [-0.1, -0.05) is 22.0 Å². The number of hydrogen-bond donors (Lipinski definition) is 0. The van der Waals surface area contributed by atoms with Crippen LogP contribution in [0.5, 0.6) is 0 Å². The van der Waals surface area contributed by atoms with Crippen LogP contribution in [0.1, 0.15) is 5.56 Å². The highest BCUT2D eigenvalue weighted by molar-refractivity contribution is 9.08. The first-order chi connectivity index (χ1) is 6.92. The van der Waals surface area contributed by atoms with Crippen molar-refractivity contribution in [1.82, 2.24) is 4.98 Å². The molecule has 1 aromatic heterocycles. The van der Waals surface area contributed by atoms with Gasteiger partial charge in [-0.3, -0.25) is 0 Å². The van der Waals surface area contributed by atoms with Crippen molar-refractivity contribution in [2.24, 2.45) is 0 Å². The minimum atomic E-state index is -4.20. The standard InChI is InChI=1S/C9H10BrF3N2/c1-15(6-9(11,12)13)8-3-2-7(4-10)5-14-8/h2-3,5H,4,6H2,1H3. The first-order valence-corrected chi connectivity index (χ1v) is 5.33. The summed E-state index contributed by atoms with van der Waals surface area (Å²) >= 11 is 3.23. The monoisotopic (exact) mass is 282 g/mol. The molecule has 0 N–H and O–H groups in total. The van der Waals surface area contributed by atoms with Crippen LogP contribution in [0.25, 0.3) is 0 Å². The molecule has 2 nitrogen and oxygen atoms in total. The van der Waals surface area contributed by atoms with Crippen molar-refractivity contribution in [2.45, 2.75) is 11.5 Å². The zero-order chi connectivity index (χ0) is 11.5. The molecule has 15 heavy (non-hydrogen) atoms. The fourth-order valence-corrected chi connectivity index (χ4v) is 1.40. The highest BCUT2D eigenvalue weighted by Crippen LogP contribution is 2.19. The molecule has 1 heterocycles. The van der Waals surface area contributed by atoms with Gasteiger partial charge in [0.1, 0.15) is 12.4 Å². The van der Waals surface area contributed by atoms with Crippen LogP contribution < -0.4 is 4.90 Å². The van der Waals surface area contributed by atoms with E-state index in [1.807, 2.05) is 0 Å². The van der Waals surface area contributed by atoms with Crippen LogP contribution in [-0.4, -0.2) is 24.8 Å². The van der Waals surface area contributed by atoms with Crippen molar-refractivity contribution >= 4 is 21.7 Å². The van der Waals surface area contributed by atoms with Crippen LogP contribution in [0.3, 0.4) is 0 Å². The Morgan fingerprint density at radius 2 is 2.07 bits per heavy atom. The molecule has 0 radical (unpaired) electrons. The summed E-state index contributed by atoms with van der Waals surface area (Å²) < 4.78 is 36.2. The van der Waals surface area contributed by atoms with Gasteiger partial charge in [0, 0.05) is 18.6 Å². The molecule has 0 aromatic carbocycles. The second-order valence-corrected chi connectivity index (χ2v) is 3.69. The lowest BCUT2D eigenvalue weighted by molar-refractivity contribution is -0.119. The van der Waals surface area contributed by atoms with E-state index in [-0.39, 0.29) is 0 Å². The molecule has 0 saturated heterocycles. The van der Waals surface area contributed by atoms with Gasteiger partial charge in [0.25, 0.3) is 0 Å². The Hall–Kier alpha value is -0.780. The SMILES string of the molecule is CN(CC(F)(F)F)c1ccc(CBr)cn1. The van der Waals surface area contributed by atoms with Crippen LogP contribution in [0, 0.1) is 0 Å². The van der Waals surface area contributed by atoms with Crippen LogP contribution in [0.4, 0.5) is 19.0 Å². The predicted octanol–water partition coefficient (Wildman–Crippen LogP) is 2.98. The lowest BCUT2D eigenvalue weighted by Crippen LogP contribution is -2.31. The molecule has 1 aromatic rings. The normalized spacial score (nSPS) is 11.5. The summed E-state index contributed by atoms with van der Waals surface area (Å²) in [6.45, 7) is -0.992. The molecule has 0 fully saturated rings. The van der Waals surface area contributed by atoms with E-state index < -0.39 is 12.7 Å². The maximum atomic E-state index is 12.1. The molecule has 0 aliphatic carbocycles. The lowest BCUT2D eigenvalue weighted by Gasteiger charge is -2.19. The zero-order valence-corrected chi connectivity index (χ0v) is 9.64. The van der Waals surface area contributed by atoms with E-state index >= 15 is 0 Å². The highest BCUT2D eigenvalue weighted by Gasteiger charge is 2.29. The summed E-state index contributed by atoms with van der Waals surface area (Å²) in [7, 11) is 1.36. The van der Waals surface area contributed by atoms with E-state index in [0.29, 0.717) is 11.1 Å². The predicted molar refractivity (Wildman–Crippen MR) is 56.2 cm³/mol. The van der Waals surface area contributed by atoms with Gasteiger partial charge in [0.05, 0.1) is 0 Å². The molecule has 0 unspecified atom stereocenters. The number of anilines is 1. The van der Waals surface area contributed by atoms with Crippen molar-refractivity contribution in [3.63, 3.8) is 0 Å². The van der Waals surface area contributed by atoms with E-state index in [2.05, 4.69) is 20.9 Å². The molecule has 0 aliphatic rings. The van der Waals surface area contributed by atoms with Crippen molar-refractivity contribution in [3.05, 3.63) is 23.9 Å². The Kier molecular flexibility index (Phi) is 3.96. The van der Waals surface area contributed by atoms with Crippen molar-refractivity contribution in [1.29, 1.82) is 0 Å². The molecule has 6 heteroatoms. The number of rotatable bonds is 3. The molecule has 84 valence electrons. The summed E-state index contributed by atoms with van der Waals surface area (Å²) in [5, 5.41) is 0.642. The van der Waals surface area contributed by atoms with Crippen LogP contribution >= 0.6 is 15.9 Å². The summed E-state index contributed by atoms with van der Waals surface area (Å²) in [5.74, 6) is 0.317. The zero-order valence-electron chi connectivity index (χ0n) is 8.05. The molecule has 0 saturated carbocycles. The minimum Gasteiger partial charge on any atom is -0.351 e. The van der Waals surface area contributed by atoms with Gasteiger partial charge in [-0.25, -0.2) is 4.98 Å². The fourth-order valence-electron chi connectivity index (χ4n) is 1.07. The van der Waals surface area contributed by atoms with Gasteiger partial charge >= 0.3 is 6.18 Å². The molecule has 0 aliphatic heterocycles. The average Bonchev–Trinajstić information content (AvgIpc) is 2.15. The van der Waals surface area contributed by atoms with Crippen molar-refractivity contribution < 1.29 is 13.2 Å². The molecule has 1 rings (SSSR count). The second-order valence-electron chi connectivity index (χ2n) is 3.13. The molecule has 0 atom stereocenters. The summed E-state index contributed by atoms with van der Waals surface area (Å²) in [6, 6.07) is 3.31. The Balaban J connectivity index is 2.70. The van der Waals surface area contributed by atoms with Crippen molar-refractivity contribution in [3.8, 4) is 0 Å². The van der Waals surface area contributed by atoms with Crippen LogP contribution in [0.2, 0.25) is 0 Å². The van der Waals surface area contributed by atoms with Crippen molar-refractivity contribution in [2.75, 3.05) is 18.5 Å². The van der Waals surface area contributed by atoms with E-state index in [0.717, 1.165) is 10.5 Å². The maximum Gasteiger partial charge on any atom is 0.405 e. The van der Waals surface area contributed by atoms with Gasteiger partial charge in [0.2, 0.25) is 0 Å². The third-order valence-electron chi connectivity index (χ3n) is 1.77. The number of nitrogens with zero attached hydrogens (tertiary/aromatic N) is 2. The Bertz CT molecular complexity index is 310. The number of alkyl halides is 4. The van der Waals surface area contributed by atoms with E-state index in [4.69, 9.17) is 0 Å². The van der Waals surface area contributed by atoms with Gasteiger partial charge in [-0.05, 0) is 11.6 Å². The Morgan fingerprint density at radius 3 is 2.47 bits per heavy atom. The Morgan fingerprint density at radius 1 is 1.40 bits per heavy atom. The largest absolute Gasteiger partial charge is 0.405 e. The van der Waals surface area contributed by atoms with Gasteiger partial charge in [-0.15, -0.1) is 0 Å². The minimum absolute atomic E-state index is 0.317. The molecular formula is C9H10BrF3N2. The van der Waals surface area contributed by atoms with Gasteiger partial charge < -0.3 is 4.90 Å². The third kappa shape index (κ3) is 4.07. The van der Waals surface area contributed by atoms with Crippen LogP contribution in [0.15, 0.2) is 18.3 Å². The fraction of sp³-hybridized carbons (Fsp3) is 0.444. The van der Waals surface area contributed by atoms with E-state index in [1.165, 1.54) is 7.05 Å². The Labute approximate surface area is 94.2 Å². The maximum absolute atomic E-state index is 12.1. The second kappa shape index (κ2) is 4.83. The summed E-state index contributed by atoms with van der Waals surface area (Å²) in [4.78, 5) is 5.00. The number of halogens is 4. The van der Waals surface area contributed by atoms with Gasteiger partial charge in [-0.2, -0.15) is 13.2 Å². The first-order valence-electron chi connectivity index (χ1n) is 4.21. The number of aromatic nitrogens is 1. The topological polar surface area (TPSA) is 16.1 Å². The number of pyridine rings is 1. The molecule has 0 amide bonds. The molecule has 0 spiro atoms. The molecule has 0 bridgehead atoms. The first kappa shape index (κ1) is 12.3. The van der Waals surface area contributed by atoms with Gasteiger partial charge in [0.15, 0.2) is 0 Å². The van der Waals surface area contributed by atoms with Crippen LogP contribution in [-0.2, 0) is 5.33 Å². The number of hydrogen-bond acceptors (Lipinski definition) is 2. The van der Waals surface area contributed by atoms with E-state index in [9.17, 15) is 13.2 Å².